The first-order chi connectivity index (χ1) is 16.2. The molecule has 0 spiro atoms. The standard InChI is InChI=1S/C26H31BrCl2N2O3/c1-16(2)19-9-11-24(21(27)13-19)34-15-25(32)31(14-18-8-10-22(28)23(29)12-18)17(3)26(33)30-20-6-4-5-7-20/h8-13,16-17,20H,4-7,14-15H2,1-3H3,(H,30,33)/t17-/m1/s1. The number of carbonyl (C=O) groups excluding carboxylic acids is 2. The van der Waals surface area contributed by atoms with Crippen molar-refractivity contribution in [1.29, 1.82) is 0 Å². The zero-order valence-electron chi connectivity index (χ0n) is 19.7. The average Bonchev–Trinajstić information content (AvgIpc) is 3.31. The van der Waals surface area contributed by atoms with Crippen molar-refractivity contribution in [2.75, 3.05) is 6.61 Å². The predicted molar refractivity (Wildman–Crippen MR) is 141 cm³/mol. The molecule has 1 saturated carbocycles. The largest absolute Gasteiger partial charge is 0.483 e. The highest BCUT2D eigenvalue weighted by atomic mass is 79.9. The molecule has 0 saturated heterocycles. The summed E-state index contributed by atoms with van der Waals surface area (Å²) in [6.45, 7) is 6.00. The number of amides is 2. The molecule has 184 valence electrons. The number of hydrogen-bond acceptors (Lipinski definition) is 3. The van der Waals surface area contributed by atoms with E-state index in [1.807, 2.05) is 18.2 Å². The van der Waals surface area contributed by atoms with Crippen molar-refractivity contribution in [3.05, 3.63) is 62.0 Å². The maximum atomic E-state index is 13.3. The minimum absolute atomic E-state index is 0.164. The molecule has 0 aliphatic heterocycles. The Kier molecular flexibility index (Phi) is 9.69. The van der Waals surface area contributed by atoms with E-state index in [1.54, 1.807) is 25.1 Å². The summed E-state index contributed by atoms with van der Waals surface area (Å²) >= 11 is 15.8. The molecule has 2 amide bonds. The predicted octanol–water partition coefficient (Wildman–Crippen LogP) is 6.73. The van der Waals surface area contributed by atoms with Gasteiger partial charge in [-0.15, -0.1) is 0 Å². The summed E-state index contributed by atoms with van der Waals surface area (Å²) in [5.41, 5.74) is 1.95. The van der Waals surface area contributed by atoms with Gasteiger partial charge in [-0.2, -0.15) is 0 Å². The number of benzene rings is 2. The first-order valence-electron chi connectivity index (χ1n) is 11.6. The fourth-order valence-electron chi connectivity index (χ4n) is 4.02. The van der Waals surface area contributed by atoms with E-state index in [1.165, 1.54) is 10.5 Å². The number of carbonyl (C=O) groups is 2. The molecule has 8 heteroatoms. The normalized spacial score (nSPS) is 14.8. The molecule has 1 N–H and O–H groups in total. The average molecular weight is 570 g/mol. The summed E-state index contributed by atoms with van der Waals surface area (Å²) in [5.74, 6) is 0.506. The highest BCUT2D eigenvalue weighted by Crippen LogP contribution is 2.29. The molecule has 0 aromatic heterocycles. The Labute approximate surface area is 220 Å². The van der Waals surface area contributed by atoms with Crippen molar-refractivity contribution in [3.8, 4) is 5.75 Å². The molecule has 0 heterocycles. The van der Waals surface area contributed by atoms with Crippen LogP contribution in [0, 0.1) is 0 Å². The van der Waals surface area contributed by atoms with Gasteiger partial charge in [0.15, 0.2) is 6.61 Å². The lowest BCUT2D eigenvalue weighted by Gasteiger charge is -2.30. The summed E-state index contributed by atoms with van der Waals surface area (Å²) in [6, 6.07) is 10.5. The first-order valence-corrected chi connectivity index (χ1v) is 13.2. The lowest BCUT2D eigenvalue weighted by molar-refractivity contribution is -0.142. The van der Waals surface area contributed by atoms with Crippen molar-refractivity contribution in [2.24, 2.45) is 0 Å². The van der Waals surface area contributed by atoms with Crippen LogP contribution in [0.25, 0.3) is 0 Å². The SMILES string of the molecule is CC(C)c1ccc(OCC(=O)N(Cc2ccc(Cl)c(Cl)c2)[C@H](C)C(=O)NC2CCCC2)c(Br)c1. The summed E-state index contributed by atoms with van der Waals surface area (Å²) < 4.78 is 6.63. The summed E-state index contributed by atoms with van der Waals surface area (Å²) in [6.07, 6.45) is 4.18. The van der Waals surface area contributed by atoms with Crippen LogP contribution in [0.2, 0.25) is 10.0 Å². The monoisotopic (exact) mass is 568 g/mol. The molecular formula is C26H31BrCl2N2O3. The number of nitrogens with zero attached hydrogens (tertiary/aromatic N) is 1. The van der Waals surface area contributed by atoms with Crippen LogP contribution in [-0.4, -0.2) is 35.4 Å². The Bertz CT molecular complexity index is 1030. The highest BCUT2D eigenvalue weighted by Gasteiger charge is 2.29. The topological polar surface area (TPSA) is 58.6 Å². The Morgan fingerprint density at radius 2 is 1.79 bits per heavy atom. The van der Waals surface area contributed by atoms with E-state index in [0.717, 1.165) is 35.7 Å². The van der Waals surface area contributed by atoms with E-state index in [4.69, 9.17) is 27.9 Å². The van der Waals surface area contributed by atoms with Gasteiger partial charge in [0.05, 0.1) is 14.5 Å². The van der Waals surface area contributed by atoms with Crippen molar-refractivity contribution in [1.82, 2.24) is 10.2 Å². The van der Waals surface area contributed by atoms with Crippen LogP contribution < -0.4 is 10.1 Å². The van der Waals surface area contributed by atoms with Gasteiger partial charge in [0.1, 0.15) is 11.8 Å². The van der Waals surface area contributed by atoms with E-state index < -0.39 is 6.04 Å². The van der Waals surface area contributed by atoms with Crippen LogP contribution in [0.5, 0.6) is 5.75 Å². The maximum Gasteiger partial charge on any atom is 0.261 e. The maximum absolute atomic E-state index is 13.3. The molecule has 1 atom stereocenters. The van der Waals surface area contributed by atoms with Gasteiger partial charge >= 0.3 is 0 Å². The minimum atomic E-state index is -0.669. The lowest BCUT2D eigenvalue weighted by Crippen LogP contribution is -2.50. The fourth-order valence-corrected chi connectivity index (χ4v) is 4.86. The number of hydrogen-bond donors (Lipinski definition) is 1. The second-order valence-corrected chi connectivity index (χ2v) is 10.7. The smallest absolute Gasteiger partial charge is 0.261 e. The van der Waals surface area contributed by atoms with Crippen molar-refractivity contribution >= 4 is 50.9 Å². The van der Waals surface area contributed by atoms with Crippen LogP contribution in [0.3, 0.4) is 0 Å². The zero-order chi connectivity index (χ0) is 24.8. The Hall–Kier alpha value is -1.76. The molecule has 5 nitrogen and oxygen atoms in total. The van der Waals surface area contributed by atoms with Gasteiger partial charge in [0.25, 0.3) is 5.91 Å². The molecule has 1 fully saturated rings. The first kappa shape index (κ1) is 26.8. The third-order valence-electron chi connectivity index (χ3n) is 6.18. The van der Waals surface area contributed by atoms with Gasteiger partial charge in [0, 0.05) is 12.6 Å². The third-order valence-corrected chi connectivity index (χ3v) is 7.54. The summed E-state index contributed by atoms with van der Waals surface area (Å²) in [4.78, 5) is 27.8. The molecule has 3 rings (SSSR count). The van der Waals surface area contributed by atoms with Crippen LogP contribution in [0.4, 0.5) is 0 Å². The lowest BCUT2D eigenvalue weighted by atomic mass is 10.0. The van der Waals surface area contributed by atoms with Crippen LogP contribution in [0.1, 0.15) is 63.5 Å². The summed E-state index contributed by atoms with van der Waals surface area (Å²) in [5, 5.41) is 3.93. The quantitative estimate of drug-likeness (QED) is 0.364. The highest BCUT2D eigenvalue weighted by molar-refractivity contribution is 9.10. The number of halogens is 3. The van der Waals surface area contributed by atoms with Gasteiger partial charge in [-0.3, -0.25) is 9.59 Å². The Balaban J connectivity index is 1.75. The minimum Gasteiger partial charge on any atom is -0.483 e. The molecule has 1 aliphatic carbocycles. The van der Waals surface area contributed by atoms with Crippen LogP contribution in [0.15, 0.2) is 40.9 Å². The molecule has 0 unspecified atom stereocenters. The molecule has 0 bridgehead atoms. The van der Waals surface area contributed by atoms with Crippen molar-refractivity contribution in [2.45, 2.75) is 71.0 Å². The zero-order valence-corrected chi connectivity index (χ0v) is 22.8. The van der Waals surface area contributed by atoms with Crippen LogP contribution >= 0.6 is 39.1 Å². The van der Waals surface area contributed by atoms with E-state index in [-0.39, 0.29) is 31.0 Å². The van der Waals surface area contributed by atoms with Gasteiger partial charge in [-0.25, -0.2) is 0 Å². The second kappa shape index (κ2) is 12.3. The van der Waals surface area contributed by atoms with Gasteiger partial charge in [-0.05, 0) is 77.0 Å². The summed E-state index contributed by atoms with van der Waals surface area (Å²) in [7, 11) is 0. The number of rotatable bonds is 9. The number of nitrogens with one attached hydrogen (secondary N) is 1. The molecule has 2 aromatic rings. The fraction of sp³-hybridized carbons (Fsp3) is 0.462. The van der Waals surface area contributed by atoms with Gasteiger partial charge in [-0.1, -0.05) is 62.0 Å². The van der Waals surface area contributed by atoms with Crippen LogP contribution in [-0.2, 0) is 16.1 Å². The van der Waals surface area contributed by atoms with E-state index in [9.17, 15) is 9.59 Å². The molecule has 2 aromatic carbocycles. The van der Waals surface area contributed by atoms with E-state index >= 15 is 0 Å². The molecule has 1 aliphatic rings. The molecular weight excluding hydrogens is 539 g/mol. The third kappa shape index (κ3) is 7.12. The van der Waals surface area contributed by atoms with E-state index in [0.29, 0.717) is 21.7 Å². The number of ether oxygens (including phenoxy) is 1. The Morgan fingerprint density at radius 3 is 2.41 bits per heavy atom. The van der Waals surface area contributed by atoms with Gasteiger partial charge in [0.2, 0.25) is 5.91 Å². The molecule has 34 heavy (non-hydrogen) atoms. The Morgan fingerprint density at radius 1 is 1.09 bits per heavy atom. The molecule has 0 radical (unpaired) electrons. The van der Waals surface area contributed by atoms with Crippen molar-refractivity contribution < 1.29 is 14.3 Å². The van der Waals surface area contributed by atoms with E-state index in [2.05, 4.69) is 35.1 Å². The van der Waals surface area contributed by atoms with Gasteiger partial charge < -0.3 is 15.0 Å². The van der Waals surface area contributed by atoms with Crippen molar-refractivity contribution in [3.63, 3.8) is 0 Å². The second-order valence-electron chi connectivity index (χ2n) is 9.07.